The number of nitrogens with one attached hydrogen (secondary N) is 1. The molecule has 2 saturated heterocycles. The van der Waals surface area contributed by atoms with Gasteiger partial charge in [0.25, 0.3) is 0 Å². The normalized spacial score (nSPS) is 19.3. The summed E-state index contributed by atoms with van der Waals surface area (Å²) < 4.78 is 0. The molecule has 3 heterocycles. The summed E-state index contributed by atoms with van der Waals surface area (Å²) in [5.74, 6) is 3.04. The molecule has 2 aliphatic heterocycles. The average molecular weight is 324 g/mol. The summed E-state index contributed by atoms with van der Waals surface area (Å²) in [6.07, 6.45) is 0. The van der Waals surface area contributed by atoms with Gasteiger partial charge in [-0.25, -0.2) is 4.98 Å². The van der Waals surface area contributed by atoms with Gasteiger partial charge in [-0.1, -0.05) is 0 Å². The number of aromatic nitrogens is 2. The summed E-state index contributed by atoms with van der Waals surface area (Å²) in [5.41, 5.74) is 0.493. The van der Waals surface area contributed by atoms with Crippen molar-refractivity contribution in [1.29, 1.82) is 0 Å². The maximum atomic E-state index is 11.4. The van der Waals surface area contributed by atoms with E-state index in [0.717, 1.165) is 50.8 Å². The second-order valence-electron chi connectivity index (χ2n) is 5.37. The van der Waals surface area contributed by atoms with E-state index in [1.807, 2.05) is 16.7 Å². The molecular formula is C13H20N6O2S. The van der Waals surface area contributed by atoms with Crippen LogP contribution in [0.2, 0.25) is 0 Å². The smallest absolute Gasteiger partial charge is 0.332 e. The van der Waals surface area contributed by atoms with E-state index in [9.17, 15) is 10.1 Å². The topological polar surface area (TPSA) is 87.4 Å². The number of piperazine rings is 1. The lowest BCUT2D eigenvalue weighted by Crippen LogP contribution is -2.44. The van der Waals surface area contributed by atoms with Gasteiger partial charge in [0.05, 0.1) is 4.92 Å². The van der Waals surface area contributed by atoms with Crippen molar-refractivity contribution in [3.05, 3.63) is 15.8 Å². The van der Waals surface area contributed by atoms with Crippen LogP contribution in [-0.2, 0) is 0 Å². The first-order chi connectivity index (χ1) is 10.7. The summed E-state index contributed by atoms with van der Waals surface area (Å²) in [6.45, 7) is 6.71. The van der Waals surface area contributed by atoms with E-state index in [2.05, 4.69) is 20.2 Å². The number of nitro groups is 1. The van der Waals surface area contributed by atoms with Crippen LogP contribution in [-0.4, -0.2) is 65.7 Å². The highest BCUT2D eigenvalue weighted by Crippen LogP contribution is 2.32. The standard InChI is InChI=1S/C13H20N6O2S/c1-10-11(19(20)21)12(17-6-8-22-9-7-17)16-13(15-10)18-4-2-14-3-5-18/h14H,2-9H2,1H3. The summed E-state index contributed by atoms with van der Waals surface area (Å²) in [6, 6.07) is 0. The zero-order chi connectivity index (χ0) is 15.5. The number of aryl methyl sites for hydroxylation is 1. The van der Waals surface area contributed by atoms with Gasteiger partial charge in [0.15, 0.2) is 0 Å². The number of rotatable bonds is 3. The maximum Gasteiger partial charge on any atom is 0.332 e. The fourth-order valence-corrected chi connectivity index (χ4v) is 3.66. The van der Waals surface area contributed by atoms with Gasteiger partial charge in [-0.2, -0.15) is 16.7 Å². The van der Waals surface area contributed by atoms with Crippen LogP contribution in [0.25, 0.3) is 0 Å². The molecule has 2 fully saturated rings. The van der Waals surface area contributed by atoms with Crippen LogP contribution in [0, 0.1) is 17.0 Å². The Morgan fingerprint density at radius 1 is 1.14 bits per heavy atom. The fourth-order valence-electron chi connectivity index (χ4n) is 2.75. The van der Waals surface area contributed by atoms with Gasteiger partial charge >= 0.3 is 5.69 Å². The molecule has 0 bridgehead atoms. The second-order valence-corrected chi connectivity index (χ2v) is 6.60. The van der Waals surface area contributed by atoms with Crippen molar-refractivity contribution in [1.82, 2.24) is 15.3 Å². The first kappa shape index (κ1) is 15.3. The van der Waals surface area contributed by atoms with Gasteiger partial charge < -0.3 is 15.1 Å². The van der Waals surface area contributed by atoms with E-state index in [-0.39, 0.29) is 10.6 Å². The molecule has 0 spiro atoms. The molecule has 0 saturated carbocycles. The lowest BCUT2D eigenvalue weighted by molar-refractivity contribution is -0.385. The highest BCUT2D eigenvalue weighted by Gasteiger charge is 2.29. The number of hydrogen-bond donors (Lipinski definition) is 1. The van der Waals surface area contributed by atoms with Crippen molar-refractivity contribution in [2.45, 2.75) is 6.92 Å². The number of thioether (sulfide) groups is 1. The summed E-state index contributed by atoms with van der Waals surface area (Å²) in [4.78, 5) is 24.2. The highest BCUT2D eigenvalue weighted by atomic mass is 32.2. The Morgan fingerprint density at radius 3 is 2.45 bits per heavy atom. The minimum absolute atomic E-state index is 0.0470. The molecule has 0 amide bonds. The fraction of sp³-hybridized carbons (Fsp3) is 0.692. The van der Waals surface area contributed by atoms with Gasteiger partial charge in [0, 0.05) is 50.8 Å². The Balaban J connectivity index is 1.99. The summed E-state index contributed by atoms with van der Waals surface area (Å²) >= 11 is 1.87. The van der Waals surface area contributed by atoms with Gasteiger partial charge in [-0.05, 0) is 6.92 Å². The third-order valence-electron chi connectivity index (χ3n) is 3.92. The molecule has 9 heteroatoms. The molecule has 1 N–H and O–H groups in total. The molecule has 3 rings (SSSR count). The van der Waals surface area contributed by atoms with E-state index in [4.69, 9.17) is 0 Å². The Bertz CT molecular complexity index is 558. The third kappa shape index (κ3) is 3.09. The average Bonchev–Trinajstić information content (AvgIpc) is 2.55. The van der Waals surface area contributed by atoms with Crippen molar-refractivity contribution < 1.29 is 4.92 Å². The van der Waals surface area contributed by atoms with Crippen LogP contribution in [0.5, 0.6) is 0 Å². The summed E-state index contributed by atoms with van der Waals surface area (Å²) in [7, 11) is 0. The molecule has 120 valence electrons. The first-order valence-corrected chi connectivity index (χ1v) is 8.63. The Kier molecular flexibility index (Phi) is 4.63. The Hall–Kier alpha value is -1.61. The minimum Gasteiger partial charge on any atom is -0.349 e. The lowest BCUT2D eigenvalue weighted by Gasteiger charge is -2.30. The zero-order valence-electron chi connectivity index (χ0n) is 12.6. The van der Waals surface area contributed by atoms with E-state index >= 15 is 0 Å². The van der Waals surface area contributed by atoms with Crippen LogP contribution in [0.1, 0.15) is 5.69 Å². The molecule has 2 aliphatic rings. The molecule has 1 aromatic rings. The molecule has 0 aromatic carbocycles. The van der Waals surface area contributed by atoms with E-state index in [1.54, 1.807) is 6.92 Å². The van der Waals surface area contributed by atoms with Crippen LogP contribution in [0.15, 0.2) is 0 Å². The molecule has 1 aromatic heterocycles. The predicted octanol–water partition coefficient (Wildman–Crippen LogP) is 0.656. The van der Waals surface area contributed by atoms with Crippen LogP contribution in [0.4, 0.5) is 17.5 Å². The Morgan fingerprint density at radius 2 is 1.82 bits per heavy atom. The molecular weight excluding hydrogens is 304 g/mol. The van der Waals surface area contributed by atoms with Crippen molar-refractivity contribution in [3.63, 3.8) is 0 Å². The quantitative estimate of drug-likeness (QED) is 0.641. The molecule has 22 heavy (non-hydrogen) atoms. The van der Waals surface area contributed by atoms with Crippen molar-refractivity contribution in [3.8, 4) is 0 Å². The zero-order valence-corrected chi connectivity index (χ0v) is 13.4. The van der Waals surface area contributed by atoms with Gasteiger partial charge in [0.1, 0.15) is 5.69 Å². The highest BCUT2D eigenvalue weighted by molar-refractivity contribution is 7.99. The molecule has 8 nitrogen and oxygen atoms in total. The van der Waals surface area contributed by atoms with Gasteiger partial charge in [-0.3, -0.25) is 10.1 Å². The van der Waals surface area contributed by atoms with E-state index < -0.39 is 0 Å². The van der Waals surface area contributed by atoms with E-state index in [1.165, 1.54) is 0 Å². The largest absolute Gasteiger partial charge is 0.349 e. The summed E-state index contributed by atoms with van der Waals surface area (Å²) in [5, 5.41) is 14.7. The van der Waals surface area contributed by atoms with E-state index in [0.29, 0.717) is 17.5 Å². The van der Waals surface area contributed by atoms with Crippen molar-refractivity contribution in [2.75, 3.05) is 60.6 Å². The lowest BCUT2D eigenvalue weighted by atomic mass is 10.3. The first-order valence-electron chi connectivity index (χ1n) is 7.48. The predicted molar refractivity (Wildman–Crippen MR) is 88.0 cm³/mol. The SMILES string of the molecule is Cc1nc(N2CCNCC2)nc(N2CCSCC2)c1[N+](=O)[O-]. The third-order valence-corrected chi connectivity index (χ3v) is 4.86. The minimum atomic E-state index is -0.353. The van der Waals surface area contributed by atoms with Crippen LogP contribution >= 0.6 is 11.8 Å². The van der Waals surface area contributed by atoms with Gasteiger partial charge in [-0.15, -0.1) is 0 Å². The van der Waals surface area contributed by atoms with Gasteiger partial charge in [0.2, 0.25) is 11.8 Å². The second kappa shape index (κ2) is 6.66. The molecule has 0 radical (unpaired) electrons. The Labute approximate surface area is 133 Å². The monoisotopic (exact) mass is 324 g/mol. The van der Waals surface area contributed by atoms with Crippen LogP contribution in [0.3, 0.4) is 0 Å². The maximum absolute atomic E-state index is 11.4. The molecule has 0 atom stereocenters. The number of nitrogens with zero attached hydrogens (tertiary/aromatic N) is 5. The van der Waals surface area contributed by atoms with Crippen molar-refractivity contribution in [2.24, 2.45) is 0 Å². The molecule has 0 aliphatic carbocycles. The number of hydrogen-bond acceptors (Lipinski definition) is 8. The molecule has 0 unspecified atom stereocenters. The van der Waals surface area contributed by atoms with Crippen LogP contribution < -0.4 is 15.1 Å². The van der Waals surface area contributed by atoms with Crippen molar-refractivity contribution >= 4 is 29.2 Å². The number of anilines is 2.